The van der Waals surface area contributed by atoms with E-state index in [1.807, 2.05) is 0 Å². The van der Waals surface area contributed by atoms with E-state index in [0.29, 0.717) is 25.1 Å². The van der Waals surface area contributed by atoms with E-state index in [9.17, 15) is 16.8 Å². The number of hydrogen-bond donors (Lipinski definition) is 2. The highest BCUT2D eigenvalue weighted by molar-refractivity contribution is 7.91. The van der Waals surface area contributed by atoms with Crippen LogP contribution in [0.1, 0.15) is 19.8 Å². The van der Waals surface area contributed by atoms with Gasteiger partial charge < -0.3 is 5.32 Å². The highest BCUT2D eigenvalue weighted by atomic mass is 32.2. The molecule has 0 bridgehead atoms. The van der Waals surface area contributed by atoms with E-state index in [2.05, 4.69) is 5.32 Å². The molecule has 1 aromatic rings. The summed E-state index contributed by atoms with van der Waals surface area (Å²) in [6.45, 7) is 2.15. The van der Waals surface area contributed by atoms with Gasteiger partial charge in [0.2, 0.25) is 10.0 Å². The lowest BCUT2D eigenvalue weighted by molar-refractivity contribution is 0.592. The van der Waals surface area contributed by atoms with E-state index in [-0.39, 0.29) is 16.4 Å². The smallest absolute Gasteiger partial charge is 0.209 e. The second-order valence-electron chi connectivity index (χ2n) is 4.46. The van der Waals surface area contributed by atoms with Crippen molar-refractivity contribution in [3.05, 3.63) is 24.3 Å². The second-order valence-corrected chi connectivity index (χ2v) is 8.27. The summed E-state index contributed by atoms with van der Waals surface area (Å²) in [5, 5.41) is 7.85. The second kappa shape index (κ2) is 7.05. The summed E-state index contributed by atoms with van der Waals surface area (Å²) in [7, 11) is -6.80. The lowest BCUT2D eigenvalue weighted by atomic mass is 10.3. The first-order valence-corrected chi connectivity index (χ1v) is 9.69. The normalized spacial score (nSPS) is 12.3. The minimum Gasteiger partial charge on any atom is -0.384 e. The Morgan fingerprint density at radius 2 is 1.75 bits per heavy atom. The first kappa shape index (κ1) is 16.9. The maximum atomic E-state index is 12.1. The average Bonchev–Trinajstić information content (AvgIpc) is 2.34. The molecule has 0 fully saturated rings. The fourth-order valence-electron chi connectivity index (χ4n) is 1.76. The van der Waals surface area contributed by atoms with Gasteiger partial charge in [0.25, 0.3) is 0 Å². The molecule has 0 aliphatic heterocycles. The average molecular weight is 320 g/mol. The summed E-state index contributed by atoms with van der Waals surface area (Å²) < 4.78 is 45.8. The molecule has 20 heavy (non-hydrogen) atoms. The monoisotopic (exact) mass is 320 g/mol. The van der Waals surface area contributed by atoms with Crippen LogP contribution in [0.3, 0.4) is 0 Å². The highest BCUT2D eigenvalue weighted by Crippen LogP contribution is 2.22. The molecule has 0 heterocycles. The van der Waals surface area contributed by atoms with Crippen LogP contribution in [0.4, 0.5) is 5.69 Å². The molecule has 0 unspecified atom stereocenters. The first-order valence-electron chi connectivity index (χ1n) is 6.32. The molecule has 0 amide bonds. The van der Waals surface area contributed by atoms with Crippen molar-refractivity contribution in [2.75, 3.05) is 23.4 Å². The molecule has 1 aromatic carbocycles. The number of rotatable bonds is 8. The van der Waals surface area contributed by atoms with Gasteiger partial charge in [-0.25, -0.2) is 22.0 Å². The van der Waals surface area contributed by atoms with Crippen LogP contribution in [-0.4, -0.2) is 34.9 Å². The van der Waals surface area contributed by atoms with Gasteiger partial charge in [0.05, 0.1) is 22.1 Å². The Morgan fingerprint density at radius 3 is 2.35 bits per heavy atom. The van der Waals surface area contributed by atoms with Gasteiger partial charge >= 0.3 is 0 Å². The SMILES string of the molecule is CCCS(=O)(=O)c1ccccc1NCCCS(N)(=O)=O. The number of nitrogens with two attached hydrogens (primary N) is 1. The van der Waals surface area contributed by atoms with Crippen molar-refractivity contribution in [3.8, 4) is 0 Å². The largest absolute Gasteiger partial charge is 0.384 e. The summed E-state index contributed by atoms with van der Waals surface area (Å²) in [5.74, 6) is -0.0489. The van der Waals surface area contributed by atoms with Gasteiger partial charge in [-0.1, -0.05) is 19.1 Å². The predicted molar refractivity (Wildman–Crippen MR) is 79.9 cm³/mol. The topological polar surface area (TPSA) is 106 Å². The van der Waals surface area contributed by atoms with Crippen molar-refractivity contribution in [3.63, 3.8) is 0 Å². The lowest BCUT2D eigenvalue weighted by Crippen LogP contribution is -2.19. The predicted octanol–water partition coefficient (Wildman–Crippen LogP) is 0.961. The van der Waals surface area contributed by atoms with Crippen LogP contribution in [0.15, 0.2) is 29.2 Å². The Labute approximate surface area is 120 Å². The molecule has 3 N–H and O–H groups in total. The maximum absolute atomic E-state index is 12.1. The molecule has 0 radical (unpaired) electrons. The Morgan fingerprint density at radius 1 is 1.10 bits per heavy atom. The molecule has 1 rings (SSSR count). The summed E-state index contributed by atoms with van der Waals surface area (Å²) in [5.41, 5.74) is 0.496. The molecule has 0 saturated heterocycles. The van der Waals surface area contributed by atoms with Gasteiger partial charge in [-0.15, -0.1) is 0 Å². The zero-order valence-electron chi connectivity index (χ0n) is 11.4. The number of sulfone groups is 1. The van der Waals surface area contributed by atoms with Crippen molar-refractivity contribution in [2.24, 2.45) is 5.14 Å². The number of anilines is 1. The molecule has 8 heteroatoms. The van der Waals surface area contributed by atoms with Crippen LogP contribution < -0.4 is 10.5 Å². The third-order valence-electron chi connectivity index (χ3n) is 2.62. The van der Waals surface area contributed by atoms with Gasteiger partial charge in [0, 0.05) is 6.54 Å². The molecule has 114 valence electrons. The van der Waals surface area contributed by atoms with Crippen LogP contribution in [0.5, 0.6) is 0 Å². The van der Waals surface area contributed by atoms with Crippen LogP contribution in [0.2, 0.25) is 0 Å². The Kier molecular flexibility index (Phi) is 5.97. The Bertz CT molecular complexity index is 639. The van der Waals surface area contributed by atoms with Crippen LogP contribution in [0, 0.1) is 0 Å². The fraction of sp³-hybridized carbons (Fsp3) is 0.500. The number of nitrogens with one attached hydrogen (secondary N) is 1. The molecular weight excluding hydrogens is 300 g/mol. The summed E-state index contributed by atoms with van der Waals surface area (Å²) in [4.78, 5) is 0.248. The van der Waals surface area contributed by atoms with Gasteiger partial charge in [-0.2, -0.15) is 0 Å². The summed E-state index contributed by atoms with van der Waals surface area (Å²) in [6.07, 6.45) is 0.864. The molecule has 0 saturated carbocycles. The maximum Gasteiger partial charge on any atom is 0.209 e. The van der Waals surface area contributed by atoms with Crippen molar-refractivity contribution >= 4 is 25.5 Å². The molecule has 0 aromatic heterocycles. The lowest BCUT2D eigenvalue weighted by Gasteiger charge is -2.12. The van der Waals surface area contributed by atoms with Crippen LogP contribution >= 0.6 is 0 Å². The van der Waals surface area contributed by atoms with E-state index in [4.69, 9.17) is 5.14 Å². The third kappa shape index (κ3) is 5.48. The number of benzene rings is 1. The first-order chi connectivity index (χ1) is 9.26. The quantitative estimate of drug-likeness (QED) is 0.694. The zero-order chi connectivity index (χ0) is 15.2. The van der Waals surface area contributed by atoms with E-state index < -0.39 is 19.9 Å². The van der Waals surface area contributed by atoms with E-state index >= 15 is 0 Å². The Hall–Kier alpha value is -1.12. The molecule has 0 atom stereocenters. The van der Waals surface area contributed by atoms with Crippen LogP contribution in [0.25, 0.3) is 0 Å². The van der Waals surface area contributed by atoms with Crippen molar-refractivity contribution in [1.82, 2.24) is 0 Å². The molecule has 0 aliphatic rings. The van der Waals surface area contributed by atoms with Crippen LogP contribution in [-0.2, 0) is 19.9 Å². The molecule has 0 aliphatic carbocycles. The standard InChI is InChI=1S/C12H20N2O4S2/c1-2-9-19(15,16)12-7-4-3-6-11(12)14-8-5-10-20(13,17)18/h3-4,6-7,14H,2,5,8-10H2,1H3,(H2,13,17,18). The van der Waals surface area contributed by atoms with E-state index in [0.717, 1.165) is 0 Å². The summed E-state index contributed by atoms with van der Waals surface area (Å²) in [6, 6.07) is 6.61. The van der Waals surface area contributed by atoms with E-state index in [1.54, 1.807) is 31.2 Å². The number of para-hydroxylation sites is 1. The van der Waals surface area contributed by atoms with Gasteiger partial charge in [0.15, 0.2) is 9.84 Å². The summed E-state index contributed by atoms with van der Waals surface area (Å²) >= 11 is 0. The number of sulfonamides is 1. The minimum atomic E-state index is -3.48. The molecular formula is C12H20N2O4S2. The van der Waals surface area contributed by atoms with Crippen molar-refractivity contribution < 1.29 is 16.8 Å². The zero-order valence-corrected chi connectivity index (χ0v) is 13.0. The van der Waals surface area contributed by atoms with Gasteiger partial charge in [0.1, 0.15) is 0 Å². The number of primary sulfonamides is 1. The minimum absolute atomic E-state index is 0.0862. The highest BCUT2D eigenvalue weighted by Gasteiger charge is 2.17. The van der Waals surface area contributed by atoms with Gasteiger partial charge in [-0.05, 0) is 25.0 Å². The van der Waals surface area contributed by atoms with Gasteiger partial charge in [-0.3, -0.25) is 0 Å². The third-order valence-corrected chi connectivity index (χ3v) is 5.45. The van der Waals surface area contributed by atoms with Crippen molar-refractivity contribution in [1.29, 1.82) is 0 Å². The number of hydrogen-bond acceptors (Lipinski definition) is 5. The Balaban J connectivity index is 2.77. The molecule has 6 nitrogen and oxygen atoms in total. The van der Waals surface area contributed by atoms with E-state index in [1.165, 1.54) is 0 Å². The van der Waals surface area contributed by atoms with Crippen molar-refractivity contribution in [2.45, 2.75) is 24.7 Å². The fourth-order valence-corrected chi connectivity index (χ4v) is 3.82. The molecule has 0 spiro atoms.